The first kappa shape index (κ1) is 14.2. The van der Waals surface area contributed by atoms with Gasteiger partial charge in [0, 0.05) is 23.1 Å². The van der Waals surface area contributed by atoms with E-state index in [9.17, 15) is 4.79 Å². The van der Waals surface area contributed by atoms with E-state index in [1.54, 1.807) is 12.0 Å². The van der Waals surface area contributed by atoms with Crippen molar-refractivity contribution in [1.29, 1.82) is 0 Å². The minimum atomic E-state index is -0.0381. The van der Waals surface area contributed by atoms with E-state index >= 15 is 0 Å². The lowest BCUT2D eigenvalue weighted by Gasteiger charge is -2.20. The predicted octanol–water partition coefficient (Wildman–Crippen LogP) is 3.84. The molecule has 3 rings (SSSR count). The lowest BCUT2D eigenvalue weighted by Crippen LogP contribution is -2.30. The molecule has 4 heteroatoms. The second kappa shape index (κ2) is 5.93. The van der Waals surface area contributed by atoms with Crippen LogP contribution in [0.3, 0.4) is 0 Å². The standard InChI is InChI=1S/C18H18N2O2/c1-3-20(14-7-5-4-6-8-14)18(21)17-12-13-11-15(22-2)9-10-16(13)19-17/h4-12,19H,3H2,1-2H3. The number of amides is 1. The highest BCUT2D eigenvalue weighted by atomic mass is 16.5. The van der Waals surface area contributed by atoms with E-state index in [1.165, 1.54) is 0 Å². The number of carbonyl (C=O) groups is 1. The Bertz CT molecular complexity index is 793. The number of fused-ring (bicyclic) bond motifs is 1. The predicted molar refractivity (Wildman–Crippen MR) is 88.6 cm³/mol. The van der Waals surface area contributed by atoms with Gasteiger partial charge in [0.05, 0.1) is 7.11 Å². The summed E-state index contributed by atoms with van der Waals surface area (Å²) in [4.78, 5) is 17.7. The molecule has 22 heavy (non-hydrogen) atoms. The van der Waals surface area contributed by atoms with Gasteiger partial charge in [-0.05, 0) is 43.3 Å². The molecular weight excluding hydrogens is 276 g/mol. The Kier molecular flexibility index (Phi) is 3.83. The van der Waals surface area contributed by atoms with Crippen LogP contribution in [0.1, 0.15) is 17.4 Å². The number of aromatic nitrogens is 1. The first-order valence-corrected chi connectivity index (χ1v) is 7.26. The number of methoxy groups -OCH3 is 1. The van der Waals surface area contributed by atoms with E-state index in [0.717, 1.165) is 22.3 Å². The summed E-state index contributed by atoms with van der Waals surface area (Å²) in [6, 6.07) is 17.3. The zero-order valence-corrected chi connectivity index (χ0v) is 12.7. The van der Waals surface area contributed by atoms with Crippen molar-refractivity contribution < 1.29 is 9.53 Å². The highest BCUT2D eigenvalue weighted by Gasteiger charge is 2.18. The molecule has 0 bridgehead atoms. The Hall–Kier alpha value is -2.75. The summed E-state index contributed by atoms with van der Waals surface area (Å²) in [6.07, 6.45) is 0. The molecule has 0 saturated heterocycles. The fraction of sp³-hybridized carbons (Fsp3) is 0.167. The van der Waals surface area contributed by atoms with E-state index in [-0.39, 0.29) is 5.91 Å². The average molecular weight is 294 g/mol. The van der Waals surface area contributed by atoms with Crippen LogP contribution < -0.4 is 9.64 Å². The number of anilines is 1. The molecule has 1 aromatic heterocycles. The number of rotatable bonds is 4. The van der Waals surface area contributed by atoms with Crippen LogP contribution in [0.4, 0.5) is 5.69 Å². The van der Waals surface area contributed by atoms with Crippen LogP contribution in [0, 0.1) is 0 Å². The largest absolute Gasteiger partial charge is 0.497 e. The molecular formula is C18H18N2O2. The van der Waals surface area contributed by atoms with Gasteiger partial charge in [0.25, 0.3) is 5.91 Å². The molecule has 0 unspecified atom stereocenters. The van der Waals surface area contributed by atoms with Gasteiger partial charge in [-0.1, -0.05) is 18.2 Å². The van der Waals surface area contributed by atoms with Crippen LogP contribution in [-0.4, -0.2) is 24.5 Å². The molecule has 0 radical (unpaired) electrons. The van der Waals surface area contributed by atoms with Gasteiger partial charge in [-0.2, -0.15) is 0 Å². The molecule has 0 aliphatic heterocycles. The van der Waals surface area contributed by atoms with Crippen molar-refractivity contribution in [3.63, 3.8) is 0 Å². The third kappa shape index (κ3) is 2.55. The van der Waals surface area contributed by atoms with Crippen LogP contribution in [0.5, 0.6) is 5.75 Å². The normalized spacial score (nSPS) is 10.6. The van der Waals surface area contributed by atoms with Crippen molar-refractivity contribution in [1.82, 2.24) is 4.98 Å². The maximum atomic E-state index is 12.8. The molecule has 0 atom stereocenters. The molecule has 1 N–H and O–H groups in total. The van der Waals surface area contributed by atoms with Gasteiger partial charge in [0.15, 0.2) is 0 Å². The zero-order chi connectivity index (χ0) is 15.5. The maximum Gasteiger partial charge on any atom is 0.274 e. The van der Waals surface area contributed by atoms with Gasteiger partial charge in [0.1, 0.15) is 11.4 Å². The quantitative estimate of drug-likeness (QED) is 0.794. The highest BCUT2D eigenvalue weighted by molar-refractivity contribution is 6.07. The summed E-state index contributed by atoms with van der Waals surface area (Å²) in [6.45, 7) is 2.58. The second-order valence-electron chi connectivity index (χ2n) is 5.02. The van der Waals surface area contributed by atoms with E-state index in [2.05, 4.69) is 4.98 Å². The smallest absolute Gasteiger partial charge is 0.274 e. The minimum absolute atomic E-state index is 0.0381. The summed E-state index contributed by atoms with van der Waals surface area (Å²) in [5, 5.41) is 0.965. The molecule has 112 valence electrons. The van der Waals surface area contributed by atoms with Gasteiger partial charge in [0.2, 0.25) is 0 Å². The topological polar surface area (TPSA) is 45.3 Å². The fourth-order valence-electron chi connectivity index (χ4n) is 2.55. The molecule has 0 aliphatic carbocycles. The monoisotopic (exact) mass is 294 g/mol. The first-order valence-electron chi connectivity index (χ1n) is 7.26. The van der Waals surface area contributed by atoms with E-state index in [0.29, 0.717) is 12.2 Å². The number of aromatic amines is 1. The van der Waals surface area contributed by atoms with Crippen LogP contribution in [0.25, 0.3) is 10.9 Å². The number of ether oxygens (including phenoxy) is 1. The van der Waals surface area contributed by atoms with Gasteiger partial charge >= 0.3 is 0 Å². The summed E-state index contributed by atoms with van der Waals surface area (Å²) >= 11 is 0. The van der Waals surface area contributed by atoms with Crippen molar-refractivity contribution in [2.24, 2.45) is 0 Å². The summed E-state index contributed by atoms with van der Waals surface area (Å²) in [5.74, 6) is 0.741. The van der Waals surface area contributed by atoms with Crippen LogP contribution >= 0.6 is 0 Å². The number of nitrogens with one attached hydrogen (secondary N) is 1. The van der Waals surface area contributed by atoms with E-state index in [1.807, 2.05) is 61.5 Å². The van der Waals surface area contributed by atoms with E-state index in [4.69, 9.17) is 4.74 Å². The number of hydrogen-bond acceptors (Lipinski definition) is 2. The Morgan fingerprint density at radius 2 is 1.91 bits per heavy atom. The third-order valence-corrected chi connectivity index (χ3v) is 3.69. The van der Waals surface area contributed by atoms with Gasteiger partial charge in [-0.25, -0.2) is 0 Å². The first-order chi connectivity index (χ1) is 10.7. The Labute approximate surface area is 129 Å². The fourth-order valence-corrected chi connectivity index (χ4v) is 2.55. The van der Waals surface area contributed by atoms with Gasteiger partial charge < -0.3 is 14.6 Å². The lowest BCUT2D eigenvalue weighted by atomic mass is 10.2. The van der Waals surface area contributed by atoms with Crippen molar-refractivity contribution >= 4 is 22.5 Å². The number of benzene rings is 2. The van der Waals surface area contributed by atoms with Crippen molar-refractivity contribution in [3.8, 4) is 5.75 Å². The molecule has 0 spiro atoms. The summed E-state index contributed by atoms with van der Waals surface area (Å²) < 4.78 is 5.22. The molecule has 1 heterocycles. The van der Waals surface area contributed by atoms with Crippen LogP contribution in [-0.2, 0) is 0 Å². The zero-order valence-electron chi connectivity index (χ0n) is 12.7. The number of para-hydroxylation sites is 1. The minimum Gasteiger partial charge on any atom is -0.497 e. The third-order valence-electron chi connectivity index (χ3n) is 3.69. The lowest BCUT2D eigenvalue weighted by molar-refractivity contribution is 0.0984. The molecule has 1 amide bonds. The molecule has 0 saturated carbocycles. The van der Waals surface area contributed by atoms with E-state index < -0.39 is 0 Å². The maximum absolute atomic E-state index is 12.8. The van der Waals surface area contributed by atoms with Crippen LogP contribution in [0.15, 0.2) is 54.6 Å². The summed E-state index contributed by atoms with van der Waals surface area (Å²) in [7, 11) is 1.63. The molecule has 3 aromatic rings. The van der Waals surface area contributed by atoms with Gasteiger partial charge in [-0.3, -0.25) is 4.79 Å². The SMILES string of the molecule is CCN(C(=O)c1cc2cc(OC)ccc2[nH]1)c1ccccc1. The summed E-state index contributed by atoms with van der Waals surface area (Å²) in [5.41, 5.74) is 2.40. The molecule has 2 aromatic carbocycles. The Morgan fingerprint density at radius 3 is 2.59 bits per heavy atom. The Morgan fingerprint density at radius 1 is 1.14 bits per heavy atom. The number of H-pyrrole nitrogens is 1. The second-order valence-corrected chi connectivity index (χ2v) is 5.02. The highest BCUT2D eigenvalue weighted by Crippen LogP contribution is 2.23. The Balaban J connectivity index is 1.97. The van der Waals surface area contributed by atoms with Crippen molar-refractivity contribution in [3.05, 3.63) is 60.3 Å². The van der Waals surface area contributed by atoms with Crippen molar-refractivity contribution in [2.45, 2.75) is 6.92 Å². The molecule has 0 aliphatic rings. The number of hydrogen-bond donors (Lipinski definition) is 1. The van der Waals surface area contributed by atoms with Gasteiger partial charge in [-0.15, -0.1) is 0 Å². The number of nitrogens with zero attached hydrogens (tertiary/aromatic N) is 1. The van der Waals surface area contributed by atoms with Crippen molar-refractivity contribution in [2.75, 3.05) is 18.6 Å². The molecule has 0 fully saturated rings. The molecule has 4 nitrogen and oxygen atoms in total. The average Bonchev–Trinajstić information content (AvgIpc) is 2.99. The van der Waals surface area contributed by atoms with Crippen LogP contribution in [0.2, 0.25) is 0 Å². The number of carbonyl (C=O) groups excluding carboxylic acids is 1.